The molecule has 5 nitrogen and oxygen atoms in total. The number of hydrogen-bond donors (Lipinski definition) is 1. The fourth-order valence-corrected chi connectivity index (χ4v) is 3.09. The third kappa shape index (κ3) is 5.30. The number of hydrogen-bond acceptors (Lipinski definition) is 5. The van der Waals surface area contributed by atoms with Crippen molar-refractivity contribution in [2.45, 2.75) is 39.0 Å². The van der Waals surface area contributed by atoms with Crippen LogP contribution in [0.3, 0.4) is 0 Å². The number of carbonyl (C=O) groups is 1. The van der Waals surface area contributed by atoms with Crippen LogP contribution in [0.5, 0.6) is 0 Å². The smallest absolute Gasteiger partial charge is 0.337 e. The highest BCUT2D eigenvalue weighted by molar-refractivity contribution is 5.89. The van der Waals surface area contributed by atoms with Gasteiger partial charge >= 0.3 is 5.97 Å². The molecule has 23 heavy (non-hydrogen) atoms. The molecule has 0 spiro atoms. The fourth-order valence-electron chi connectivity index (χ4n) is 3.09. The second-order valence-corrected chi connectivity index (χ2v) is 7.06. The third-order valence-electron chi connectivity index (χ3n) is 4.22. The van der Waals surface area contributed by atoms with Gasteiger partial charge in [-0.05, 0) is 38.5 Å². The first kappa shape index (κ1) is 17.9. The van der Waals surface area contributed by atoms with E-state index in [4.69, 9.17) is 4.74 Å². The maximum atomic E-state index is 11.5. The quantitative estimate of drug-likeness (QED) is 0.838. The summed E-state index contributed by atoms with van der Waals surface area (Å²) in [5, 5.41) is 9.96. The molecule has 1 saturated heterocycles. The first-order chi connectivity index (χ1) is 10.8. The maximum absolute atomic E-state index is 11.5. The molecule has 0 amide bonds. The highest BCUT2D eigenvalue weighted by atomic mass is 16.5. The molecule has 1 fully saturated rings. The first-order valence-electron chi connectivity index (χ1n) is 8.14. The SMILES string of the molecule is COC(=O)c1ccc(CN2CCN(CC(C)(C)O)C[C@@H]2C)cc1. The number of ether oxygens (including phenoxy) is 1. The van der Waals surface area contributed by atoms with Crippen LogP contribution in [-0.2, 0) is 11.3 Å². The Morgan fingerprint density at radius 1 is 1.30 bits per heavy atom. The topological polar surface area (TPSA) is 53.0 Å². The maximum Gasteiger partial charge on any atom is 0.337 e. The lowest BCUT2D eigenvalue weighted by atomic mass is 10.1. The number of nitrogens with zero attached hydrogens (tertiary/aromatic N) is 2. The minimum absolute atomic E-state index is 0.301. The predicted molar refractivity (Wildman–Crippen MR) is 90.4 cm³/mol. The van der Waals surface area contributed by atoms with E-state index in [0.29, 0.717) is 18.2 Å². The lowest BCUT2D eigenvalue weighted by molar-refractivity contribution is 0.00196. The molecule has 0 radical (unpaired) electrons. The normalized spacial score (nSPS) is 20.5. The molecule has 0 aromatic heterocycles. The van der Waals surface area contributed by atoms with Crippen molar-refractivity contribution >= 4 is 5.97 Å². The van der Waals surface area contributed by atoms with Crippen LogP contribution in [0, 0.1) is 0 Å². The van der Waals surface area contributed by atoms with Gasteiger partial charge in [0.2, 0.25) is 0 Å². The zero-order chi connectivity index (χ0) is 17.0. The van der Waals surface area contributed by atoms with E-state index < -0.39 is 5.60 Å². The van der Waals surface area contributed by atoms with E-state index in [-0.39, 0.29) is 5.97 Å². The van der Waals surface area contributed by atoms with Gasteiger partial charge in [0.25, 0.3) is 0 Å². The molecule has 128 valence electrons. The van der Waals surface area contributed by atoms with Crippen LogP contribution in [0.2, 0.25) is 0 Å². The summed E-state index contributed by atoms with van der Waals surface area (Å²) in [6, 6.07) is 8.04. The van der Waals surface area contributed by atoms with Gasteiger partial charge in [-0.3, -0.25) is 9.80 Å². The van der Waals surface area contributed by atoms with Crippen LogP contribution in [-0.4, -0.2) is 65.8 Å². The standard InChI is InChI=1S/C18H28N2O3/c1-14-11-19(13-18(2,3)22)9-10-20(14)12-15-5-7-16(8-6-15)17(21)23-4/h5-8,14,22H,9-13H2,1-4H3/t14-/m0/s1. The molecule has 1 aromatic rings. The number of benzene rings is 1. The average Bonchev–Trinajstić information content (AvgIpc) is 2.48. The van der Waals surface area contributed by atoms with Crippen molar-refractivity contribution < 1.29 is 14.6 Å². The summed E-state index contributed by atoms with van der Waals surface area (Å²) in [7, 11) is 1.39. The van der Waals surface area contributed by atoms with E-state index in [1.165, 1.54) is 12.7 Å². The van der Waals surface area contributed by atoms with Gasteiger partial charge in [0.1, 0.15) is 0 Å². The molecular formula is C18H28N2O3. The summed E-state index contributed by atoms with van der Waals surface area (Å²) in [6.07, 6.45) is 0. The van der Waals surface area contributed by atoms with Gasteiger partial charge in [0, 0.05) is 38.8 Å². The summed E-state index contributed by atoms with van der Waals surface area (Å²) >= 11 is 0. The third-order valence-corrected chi connectivity index (χ3v) is 4.22. The number of rotatable bonds is 5. The molecule has 1 heterocycles. The van der Waals surface area contributed by atoms with Gasteiger partial charge in [0.15, 0.2) is 0 Å². The van der Waals surface area contributed by atoms with E-state index in [2.05, 4.69) is 16.7 Å². The summed E-state index contributed by atoms with van der Waals surface area (Å²) in [4.78, 5) is 16.2. The number of carbonyl (C=O) groups excluding carboxylic acids is 1. The van der Waals surface area contributed by atoms with Crippen LogP contribution in [0.1, 0.15) is 36.7 Å². The van der Waals surface area contributed by atoms with Crippen LogP contribution in [0.15, 0.2) is 24.3 Å². The second-order valence-electron chi connectivity index (χ2n) is 7.06. The monoisotopic (exact) mass is 320 g/mol. The van der Waals surface area contributed by atoms with Crippen molar-refractivity contribution in [3.63, 3.8) is 0 Å². The summed E-state index contributed by atoms with van der Waals surface area (Å²) in [5.74, 6) is -0.301. The Bertz CT molecular complexity index is 522. The predicted octanol–water partition coefficient (Wildman–Crippen LogP) is 1.75. The van der Waals surface area contributed by atoms with Gasteiger partial charge in [-0.15, -0.1) is 0 Å². The molecule has 1 atom stereocenters. The Labute approximate surface area is 138 Å². The van der Waals surface area contributed by atoms with Gasteiger partial charge in [-0.25, -0.2) is 4.79 Å². The van der Waals surface area contributed by atoms with Crippen molar-refractivity contribution in [2.24, 2.45) is 0 Å². The fraction of sp³-hybridized carbons (Fsp3) is 0.611. The molecule has 1 N–H and O–H groups in total. The van der Waals surface area contributed by atoms with E-state index in [0.717, 1.165) is 26.2 Å². The Morgan fingerprint density at radius 3 is 2.48 bits per heavy atom. The highest BCUT2D eigenvalue weighted by Gasteiger charge is 2.27. The zero-order valence-corrected chi connectivity index (χ0v) is 14.6. The van der Waals surface area contributed by atoms with Crippen molar-refractivity contribution in [3.05, 3.63) is 35.4 Å². The highest BCUT2D eigenvalue weighted by Crippen LogP contribution is 2.16. The van der Waals surface area contributed by atoms with Gasteiger partial charge in [-0.1, -0.05) is 12.1 Å². The first-order valence-corrected chi connectivity index (χ1v) is 8.14. The van der Waals surface area contributed by atoms with E-state index in [1.54, 1.807) is 0 Å². The number of methoxy groups -OCH3 is 1. The second kappa shape index (κ2) is 7.43. The number of β-amino-alcohol motifs (C(OH)–C–C–N with tert-alkyl or cyclic N) is 1. The molecule has 1 aromatic carbocycles. The molecule has 0 aliphatic carbocycles. The number of piperazine rings is 1. The van der Waals surface area contributed by atoms with Crippen LogP contribution in [0.25, 0.3) is 0 Å². The lowest BCUT2D eigenvalue weighted by Crippen LogP contribution is -2.54. The summed E-state index contributed by atoms with van der Waals surface area (Å²) < 4.78 is 4.72. The van der Waals surface area contributed by atoms with Gasteiger partial charge < -0.3 is 9.84 Å². The van der Waals surface area contributed by atoms with E-state index >= 15 is 0 Å². The molecular weight excluding hydrogens is 292 g/mol. The lowest BCUT2D eigenvalue weighted by Gasteiger charge is -2.41. The molecule has 0 bridgehead atoms. The summed E-state index contributed by atoms with van der Waals surface area (Å²) in [6.45, 7) is 10.4. The molecule has 2 rings (SSSR count). The van der Waals surface area contributed by atoms with Gasteiger partial charge in [0.05, 0.1) is 18.3 Å². The Kier molecular flexibility index (Phi) is 5.79. The molecule has 1 aliphatic heterocycles. The Hall–Kier alpha value is -1.43. The van der Waals surface area contributed by atoms with Crippen molar-refractivity contribution in [1.82, 2.24) is 9.80 Å². The average molecular weight is 320 g/mol. The minimum atomic E-state index is -0.647. The van der Waals surface area contributed by atoms with Crippen molar-refractivity contribution in [2.75, 3.05) is 33.3 Å². The van der Waals surface area contributed by atoms with Crippen LogP contribution in [0.4, 0.5) is 0 Å². The largest absolute Gasteiger partial charge is 0.465 e. The number of esters is 1. The molecule has 1 aliphatic rings. The number of aliphatic hydroxyl groups is 1. The Balaban J connectivity index is 1.90. The Morgan fingerprint density at radius 2 is 1.96 bits per heavy atom. The van der Waals surface area contributed by atoms with E-state index in [1.807, 2.05) is 38.1 Å². The molecule has 0 saturated carbocycles. The minimum Gasteiger partial charge on any atom is -0.465 e. The zero-order valence-electron chi connectivity index (χ0n) is 14.6. The van der Waals surface area contributed by atoms with Gasteiger partial charge in [-0.2, -0.15) is 0 Å². The van der Waals surface area contributed by atoms with Crippen molar-refractivity contribution in [3.8, 4) is 0 Å². The summed E-state index contributed by atoms with van der Waals surface area (Å²) in [5.41, 5.74) is 1.13. The molecule has 5 heteroatoms. The van der Waals surface area contributed by atoms with Crippen molar-refractivity contribution in [1.29, 1.82) is 0 Å². The van der Waals surface area contributed by atoms with Crippen LogP contribution < -0.4 is 0 Å². The van der Waals surface area contributed by atoms with Crippen LogP contribution >= 0.6 is 0 Å². The molecule has 0 unspecified atom stereocenters. The van der Waals surface area contributed by atoms with E-state index in [9.17, 15) is 9.90 Å².